The fraction of sp³-hybridized carbons (Fsp3) is 0.250. The smallest absolute Gasteiger partial charge is 0.196 e. The molecule has 2 aromatic carbocycles. The molecule has 2 rings (SSSR count). The quantitative estimate of drug-likeness (QED) is 0.734. The van der Waals surface area contributed by atoms with Crippen molar-refractivity contribution in [2.45, 2.75) is 20.1 Å². The van der Waals surface area contributed by atoms with Gasteiger partial charge in [0.05, 0.1) is 0 Å². The number of hydrogen-bond acceptors (Lipinski definition) is 2. The molecule has 94 valence electrons. The third-order valence-electron chi connectivity index (χ3n) is 2.66. The Labute approximate surface area is 108 Å². The molecule has 0 aliphatic heterocycles. The molecule has 0 N–H and O–H groups in total. The van der Waals surface area contributed by atoms with Crippen LogP contribution >= 0.6 is 0 Å². The summed E-state index contributed by atoms with van der Waals surface area (Å²) >= 11 is 0. The Bertz CT molecular complexity index is 462. The van der Waals surface area contributed by atoms with Crippen LogP contribution in [0.15, 0.2) is 54.6 Å². The lowest BCUT2D eigenvalue weighted by Gasteiger charge is -2.14. The van der Waals surface area contributed by atoms with Gasteiger partial charge in [0.15, 0.2) is 6.29 Å². The molecule has 0 saturated heterocycles. The maximum absolute atomic E-state index is 5.62. The van der Waals surface area contributed by atoms with Crippen LogP contribution < -0.4 is 4.74 Å². The van der Waals surface area contributed by atoms with Crippen LogP contribution in [0.25, 0.3) is 11.1 Å². The third kappa shape index (κ3) is 3.34. The summed E-state index contributed by atoms with van der Waals surface area (Å²) in [5.74, 6) is 0.829. The van der Waals surface area contributed by atoms with E-state index >= 15 is 0 Å². The molecular formula is C16H18O2. The maximum Gasteiger partial charge on any atom is 0.196 e. The zero-order chi connectivity index (χ0) is 12.8. The molecule has 0 bridgehead atoms. The summed E-state index contributed by atoms with van der Waals surface area (Å²) < 4.78 is 11.0. The molecular weight excluding hydrogens is 224 g/mol. The van der Waals surface area contributed by atoms with E-state index in [9.17, 15) is 0 Å². The molecule has 1 atom stereocenters. The highest BCUT2D eigenvalue weighted by atomic mass is 16.7. The summed E-state index contributed by atoms with van der Waals surface area (Å²) in [5, 5.41) is 0. The molecule has 0 heterocycles. The number of rotatable bonds is 5. The van der Waals surface area contributed by atoms with Crippen molar-refractivity contribution in [2.75, 3.05) is 6.61 Å². The van der Waals surface area contributed by atoms with Crippen molar-refractivity contribution in [2.24, 2.45) is 0 Å². The fourth-order valence-corrected chi connectivity index (χ4v) is 1.82. The van der Waals surface area contributed by atoms with E-state index in [0.717, 1.165) is 5.75 Å². The van der Waals surface area contributed by atoms with Gasteiger partial charge in [-0.3, -0.25) is 0 Å². The van der Waals surface area contributed by atoms with Gasteiger partial charge in [-0.1, -0.05) is 42.5 Å². The van der Waals surface area contributed by atoms with E-state index in [1.54, 1.807) is 0 Å². The minimum atomic E-state index is -0.211. The summed E-state index contributed by atoms with van der Waals surface area (Å²) in [6, 6.07) is 18.3. The van der Waals surface area contributed by atoms with E-state index in [4.69, 9.17) is 9.47 Å². The van der Waals surface area contributed by atoms with Crippen molar-refractivity contribution >= 4 is 0 Å². The van der Waals surface area contributed by atoms with E-state index in [-0.39, 0.29) is 6.29 Å². The molecule has 0 aromatic heterocycles. The lowest BCUT2D eigenvalue weighted by molar-refractivity contribution is -0.0613. The van der Waals surface area contributed by atoms with E-state index in [1.165, 1.54) is 11.1 Å². The van der Waals surface area contributed by atoms with E-state index in [1.807, 2.05) is 44.2 Å². The third-order valence-corrected chi connectivity index (χ3v) is 2.66. The lowest BCUT2D eigenvalue weighted by Crippen LogP contribution is -2.15. The predicted molar refractivity (Wildman–Crippen MR) is 73.6 cm³/mol. The second-order valence-electron chi connectivity index (χ2n) is 4.03. The molecule has 0 fully saturated rings. The summed E-state index contributed by atoms with van der Waals surface area (Å²) in [4.78, 5) is 0. The average Bonchev–Trinajstić information content (AvgIpc) is 2.41. The van der Waals surface area contributed by atoms with Gasteiger partial charge in [-0.15, -0.1) is 0 Å². The molecule has 0 aliphatic rings. The second-order valence-corrected chi connectivity index (χ2v) is 4.03. The highest BCUT2D eigenvalue weighted by Crippen LogP contribution is 2.22. The van der Waals surface area contributed by atoms with Crippen molar-refractivity contribution in [3.63, 3.8) is 0 Å². The largest absolute Gasteiger partial charge is 0.465 e. The van der Waals surface area contributed by atoms with Crippen molar-refractivity contribution in [1.29, 1.82) is 0 Å². The highest BCUT2D eigenvalue weighted by molar-refractivity contribution is 5.63. The molecule has 2 nitrogen and oxygen atoms in total. The molecule has 1 unspecified atom stereocenters. The number of hydrogen-bond donors (Lipinski definition) is 0. The van der Waals surface area contributed by atoms with Crippen molar-refractivity contribution < 1.29 is 9.47 Å². The van der Waals surface area contributed by atoms with Crippen molar-refractivity contribution in [3.8, 4) is 16.9 Å². The van der Waals surface area contributed by atoms with E-state index < -0.39 is 0 Å². The molecule has 2 aromatic rings. The van der Waals surface area contributed by atoms with Gasteiger partial charge in [-0.25, -0.2) is 0 Å². The minimum Gasteiger partial charge on any atom is -0.465 e. The van der Waals surface area contributed by atoms with Gasteiger partial charge in [-0.2, -0.15) is 0 Å². The summed E-state index contributed by atoms with van der Waals surface area (Å²) in [6.07, 6.45) is -0.211. The Morgan fingerprint density at radius 2 is 1.50 bits per heavy atom. The van der Waals surface area contributed by atoms with Gasteiger partial charge in [0.2, 0.25) is 0 Å². The van der Waals surface area contributed by atoms with Gasteiger partial charge in [-0.05, 0) is 37.1 Å². The predicted octanol–water partition coefficient (Wildman–Crippen LogP) is 4.11. The molecule has 0 saturated carbocycles. The molecule has 0 aliphatic carbocycles. The maximum atomic E-state index is 5.62. The van der Waals surface area contributed by atoms with E-state index in [2.05, 4.69) is 24.3 Å². The van der Waals surface area contributed by atoms with Gasteiger partial charge in [0.25, 0.3) is 0 Å². The number of benzene rings is 2. The zero-order valence-corrected chi connectivity index (χ0v) is 10.8. The molecule has 2 heteroatoms. The van der Waals surface area contributed by atoms with Gasteiger partial charge >= 0.3 is 0 Å². The SMILES string of the molecule is CCOC(C)Oc1ccc(-c2ccccc2)cc1. The first-order valence-corrected chi connectivity index (χ1v) is 6.23. The summed E-state index contributed by atoms with van der Waals surface area (Å²) in [5.41, 5.74) is 2.40. The van der Waals surface area contributed by atoms with Crippen LogP contribution in [0.3, 0.4) is 0 Å². The summed E-state index contributed by atoms with van der Waals surface area (Å²) in [6.45, 7) is 4.51. The Hall–Kier alpha value is -1.80. The van der Waals surface area contributed by atoms with Crippen molar-refractivity contribution in [1.82, 2.24) is 0 Å². The molecule has 0 amide bonds. The van der Waals surface area contributed by atoms with Crippen LogP contribution in [-0.4, -0.2) is 12.9 Å². The first-order chi connectivity index (χ1) is 8.79. The van der Waals surface area contributed by atoms with Crippen LogP contribution in [0, 0.1) is 0 Å². The normalized spacial score (nSPS) is 12.1. The zero-order valence-electron chi connectivity index (χ0n) is 10.8. The first kappa shape index (κ1) is 12.7. The molecule has 0 radical (unpaired) electrons. The van der Waals surface area contributed by atoms with Gasteiger partial charge < -0.3 is 9.47 Å². The van der Waals surface area contributed by atoms with Crippen LogP contribution in [0.5, 0.6) is 5.75 Å². The van der Waals surface area contributed by atoms with Crippen LogP contribution in [-0.2, 0) is 4.74 Å². The fourth-order valence-electron chi connectivity index (χ4n) is 1.82. The van der Waals surface area contributed by atoms with Crippen LogP contribution in [0.1, 0.15) is 13.8 Å². The second kappa shape index (κ2) is 6.22. The lowest BCUT2D eigenvalue weighted by atomic mass is 10.1. The Morgan fingerprint density at radius 1 is 0.889 bits per heavy atom. The first-order valence-electron chi connectivity index (χ1n) is 6.23. The number of ether oxygens (including phenoxy) is 2. The highest BCUT2D eigenvalue weighted by Gasteiger charge is 2.03. The average molecular weight is 242 g/mol. The minimum absolute atomic E-state index is 0.211. The molecule has 18 heavy (non-hydrogen) atoms. The Balaban J connectivity index is 2.06. The van der Waals surface area contributed by atoms with Crippen LogP contribution in [0.2, 0.25) is 0 Å². The summed E-state index contributed by atoms with van der Waals surface area (Å²) in [7, 11) is 0. The van der Waals surface area contributed by atoms with Gasteiger partial charge in [0.1, 0.15) is 5.75 Å². The van der Waals surface area contributed by atoms with Crippen LogP contribution in [0.4, 0.5) is 0 Å². The van der Waals surface area contributed by atoms with E-state index in [0.29, 0.717) is 6.61 Å². The topological polar surface area (TPSA) is 18.5 Å². The van der Waals surface area contributed by atoms with Gasteiger partial charge in [0, 0.05) is 6.61 Å². The molecule has 0 spiro atoms. The Kier molecular flexibility index (Phi) is 4.37. The Morgan fingerprint density at radius 3 is 2.11 bits per heavy atom. The monoisotopic (exact) mass is 242 g/mol. The standard InChI is InChI=1S/C16H18O2/c1-3-17-13(2)18-16-11-9-15(10-12-16)14-7-5-4-6-8-14/h4-13H,3H2,1-2H3. The van der Waals surface area contributed by atoms with Crippen molar-refractivity contribution in [3.05, 3.63) is 54.6 Å².